The molecule has 56 heavy (non-hydrogen) atoms. The van der Waals surface area contributed by atoms with Gasteiger partial charge in [0.2, 0.25) is 11.8 Å². The van der Waals surface area contributed by atoms with Crippen molar-refractivity contribution >= 4 is 24.0 Å². The largest absolute Gasteiger partial charge is 0.465 e. The van der Waals surface area contributed by atoms with Crippen LogP contribution in [0.2, 0.25) is 0 Å². The van der Waals surface area contributed by atoms with E-state index in [1.54, 1.807) is 46.2 Å². The zero-order valence-corrected chi connectivity index (χ0v) is 31.8. The molecule has 2 aliphatic rings. The van der Waals surface area contributed by atoms with E-state index in [4.69, 9.17) is 0 Å². The molecule has 2 fully saturated rings. The number of ether oxygens (including phenoxy) is 1. The average molecular weight is 763 g/mol. The molecule has 7 rings (SSSR count). The van der Waals surface area contributed by atoms with Gasteiger partial charge in [0.1, 0.15) is 23.7 Å². The quantitative estimate of drug-likeness (QED) is 0.141. The minimum atomic E-state index is -1.17. The first-order chi connectivity index (χ1) is 27.0. The lowest BCUT2D eigenvalue weighted by molar-refractivity contribution is -0.137. The lowest BCUT2D eigenvalue weighted by atomic mass is 10.0. The number of likely N-dealkylation sites (N-methyl/N-ethyl adjacent to an activating group) is 1. The van der Waals surface area contributed by atoms with Gasteiger partial charge in [-0.1, -0.05) is 48.5 Å². The molecule has 4 N–H and O–H groups in total. The summed E-state index contributed by atoms with van der Waals surface area (Å²) >= 11 is 0. The summed E-state index contributed by atoms with van der Waals surface area (Å²) in [4.78, 5) is 75.6. The van der Waals surface area contributed by atoms with Crippen LogP contribution < -0.4 is 5.32 Å². The molecule has 4 amide bonds. The van der Waals surface area contributed by atoms with Crippen molar-refractivity contribution in [2.45, 2.75) is 63.2 Å². The number of alkyl carbamates (subject to hydrolysis) is 1. The van der Waals surface area contributed by atoms with E-state index in [0.29, 0.717) is 30.4 Å². The number of imidazole rings is 3. The zero-order valence-electron chi connectivity index (χ0n) is 31.8. The summed E-state index contributed by atoms with van der Waals surface area (Å²) < 4.78 is 6.42. The molecule has 292 valence electrons. The molecule has 5 heterocycles. The molecule has 2 aliphatic heterocycles. The number of aryl methyl sites for hydroxylation is 1. The molecule has 2 saturated heterocycles. The third-order valence-corrected chi connectivity index (χ3v) is 10.7. The fourth-order valence-corrected chi connectivity index (χ4v) is 7.65. The van der Waals surface area contributed by atoms with Crippen molar-refractivity contribution in [2.75, 3.05) is 27.2 Å². The van der Waals surface area contributed by atoms with E-state index >= 15 is 0 Å². The maximum absolute atomic E-state index is 13.9. The number of carboxylic acid groups (broad SMARTS) is 1. The number of rotatable bonds is 11. The fraction of sp³-hybridized carbons (Fsp3) is 0.375. The Labute approximate surface area is 323 Å². The topological polar surface area (TPSA) is 195 Å². The summed E-state index contributed by atoms with van der Waals surface area (Å²) in [6.07, 6.45) is 8.46. The van der Waals surface area contributed by atoms with Gasteiger partial charge in [0.25, 0.3) is 0 Å². The molecular weight excluding hydrogens is 717 g/mol. The molecule has 2 aromatic carbocycles. The van der Waals surface area contributed by atoms with Crippen LogP contribution in [-0.2, 0) is 27.8 Å². The van der Waals surface area contributed by atoms with Crippen molar-refractivity contribution in [1.29, 1.82) is 0 Å². The third-order valence-electron chi connectivity index (χ3n) is 10.7. The molecule has 0 aliphatic carbocycles. The molecule has 3 aromatic heterocycles. The first-order valence-electron chi connectivity index (χ1n) is 18.7. The molecule has 4 atom stereocenters. The number of methoxy groups -OCH3 is 1. The minimum absolute atomic E-state index is 0.177. The van der Waals surface area contributed by atoms with Gasteiger partial charge < -0.3 is 39.5 Å². The SMILES string of the molecule is COC(=O)N[C@@H](C)C(=O)N1CCC[C@H]1c1ncc(-c2ccc(-c3ccc(-c4cnc([C@@H]5CCCN5C(=O)[C@H](Cc5cn(C)cn5)N(C)C(=O)O)[nH]4)cc3)cc2)[nH]1. The van der Waals surface area contributed by atoms with Crippen LogP contribution in [0.4, 0.5) is 9.59 Å². The highest BCUT2D eigenvalue weighted by atomic mass is 16.5. The fourth-order valence-electron chi connectivity index (χ4n) is 7.65. The van der Waals surface area contributed by atoms with E-state index in [-0.39, 0.29) is 30.3 Å². The van der Waals surface area contributed by atoms with E-state index in [9.17, 15) is 24.3 Å². The Morgan fingerprint density at radius 3 is 1.80 bits per heavy atom. The normalized spacial score (nSPS) is 17.8. The number of amides is 4. The second-order valence-electron chi connectivity index (χ2n) is 14.4. The van der Waals surface area contributed by atoms with Crippen LogP contribution in [0.15, 0.2) is 73.4 Å². The van der Waals surface area contributed by atoms with Crippen LogP contribution in [0, 0.1) is 0 Å². The summed E-state index contributed by atoms with van der Waals surface area (Å²) in [5, 5.41) is 12.3. The summed E-state index contributed by atoms with van der Waals surface area (Å²) in [5.74, 6) is 0.929. The Bertz CT molecular complexity index is 2190. The maximum Gasteiger partial charge on any atom is 0.407 e. The number of nitrogens with one attached hydrogen (secondary N) is 3. The number of hydrogen-bond acceptors (Lipinski definition) is 8. The van der Waals surface area contributed by atoms with Crippen LogP contribution in [0.5, 0.6) is 0 Å². The lowest BCUT2D eigenvalue weighted by Gasteiger charge is -2.31. The van der Waals surface area contributed by atoms with Gasteiger partial charge in [0, 0.05) is 39.8 Å². The molecule has 0 radical (unpaired) electrons. The van der Waals surface area contributed by atoms with Crippen LogP contribution in [-0.4, -0.2) is 113 Å². The summed E-state index contributed by atoms with van der Waals surface area (Å²) in [7, 11) is 4.52. The molecular formula is C40H46N10O6. The Morgan fingerprint density at radius 1 is 0.839 bits per heavy atom. The van der Waals surface area contributed by atoms with Crippen molar-refractivity contribution in [2.24, 2.45) is 7.05 Å². The number of carbonyl (C=O) groups excluding carboxylic acids is 3. The van der Waals surface area contributed by atoms with Gasteiger partial charge >= 0.3 is 12.2 Å². The smallest absolute Gasteiger partial charge is 0.407 e. The first kappa shape index (κ1) is 37.8. The lowest BCUT2D eigenvalue weighted by Crippen LogP contribution is -2.50. The van der Waals surface area contributed by atoms with Crippen molar-refractivity contribution in [1.82, 2.24) is 49.5 Å². The predicted molar refractivity (Wildman–Crippen MR) is 206 cm³/mol. The number of carbonyl (C=O) groups is 4. The monoisotopic (exact) mass is 762 g/mol. The van der Waals surface area contributed by atoms with E-state index in [2.05, 4.69) is 59.2 Å². The Hall–Kier alpha value is -6.45. The second kappa shape index (κ2) is 16.1. The highest BCUT2D eigenvalue weighted by Gasteiger charge is 2.39. The number of aromatic nitrogens is 6. The highest BCUT2D eigenvalue weighted by Crippen LogP contribution is 2.35. The number of aromatic amines is 2. The van der Waals surface area contributed by atoms with Gasteiger partial charge in [0.05, 0.1) is 55.0 Å². The standard InChI is InChI=1S/C40H46N10O6/c1-24(44-39(53)56-4)37(51)49-17-5-7-32(49)35-41-20-30(45-35)27-13-9-25(10-14-27)26-11-15-28(16-12-26)31-21-42-36(46-31)33-8-6-18-50(33)38(52)34(48(3)40(54)55)19-29-22-47(2)23-43-29/h9-16,20-24,32-34H,5-8,17-19H2,1-4H3,(H,41,45)(H,42,46)(H,44,53)(H,54,55)/t24-,32-,33-,34-/m0/s1. The Kier molecular flexibility index (Phi) is 10.9. The predicted octanol–water partition coefficient (Wildman–Crippen LogP) is 5.16. The van der Waals surface area contributed by atoms with Crippen molar-refractivity contribution in [3.63, 3.8) is 0 Å². The number of H-pyrrole nitrogens is 2. The number of nitrogens with zero attached hydrogens (tertiary/aromatic N) is 7. The number of likely N-dealkylation sites (tertiary alicyclic amines) is 2. The Balaban J connectivity index is 1.00. The molecule has 0 saturated carbocycles. The first-order valence-corrected chi connectivity index (χ1v) is 18.7. The van der Waals surface area contributed by atoms with Gasteiger partial charge in [-0.25, -0.2) is 24.5 Å². The van der Waals surface area contributed by atoms with Gasteiger partial charge in [0.15, 0.2) is 0 Å². The van der Waals surface area contributed by atoms with Gasteiger partial charge in [-0.3, -0.25) is 14.5 Å². The molecule has 16 heteroatoms. The molecule has 0 unspecified atom stereocenters. The molecule has 16 nitrogen and oxygen atoms in total. The van der Waals surface area contributed by atoms with Crippen molar-refractivity contribution < 1.29 is 29.0 Å². The number of benzene rings is 2. The zero-order chi connectivity index (χ0) is 39.5. The Morgan fingerprint density at radius 2 is 1.34 bits per heavy atom. The van der Waals surface area contributed by atoms with Gasteiger partial charge in [-0.15, -0.1) is 0 Å². The van der Waals surface area contributed by atoms with E-state index in [1.165, 1.54) is 14.2 Å². The van der Waals surface area contributed by atoms with Crippen LogP contribution >= 0.6 is 0 Å². The highest BCUT2D eigenvalue weighted by molar-refractivity contribution is 5.87. The summed E-state index contributed by atoms with van der Waals surface area (Å²) in [6, 6.07) is 14.2. The third kappa shape index (κ3) is 7.85. The van der Waals surface area contributed by atoms with Crippen molar-refractivity contribution in [3.8, 4) is 33.6 Å². The van der Waals surface area contributed by atoms with Crippen LogP contribution in [0.25, 0.3) is 33.6 Å². The van der Waals surface area contributed by atoms with Gasteiger partial charge in [-0.2, -0.15) is 0 Å². The number of hydrogen-bond donors (Lipinski definition) is 4. The molecule has 5 aromatic rings. The van der Waals surface area contributed by atoms with Crippen LogP contribution in [0.3, 0.4) is 0 Å². The minimum Gasteiger partial charge on any atom is -0.465 e. The van der Waals surface area contributed by atoms with Crippen LogP contribution in [0.1, 0.15) is 62.0 Å². The van der Waals surface area contributed by atoms with Crippen molar-refractivity contribution in [3.05, 3.63) is 90.8 Å². The molecule has 0 bridgehead atoms. The maximum atomic E-state index is 13.9. The molecule has 0 spiro atoms. The van der Waals surface area contributed by atoms with Gasteiger partial charge in [-0.05, 0) is 54.9 Å². The van der Waals surface area contributed by atoms with E-state index in [0.717, 1.165) is 64.2 Å². The second-order valence-corrected chi connectivity index (χ2v) is 14.4. The van der Waals surface area contributed by atoms with E-state index < -0.39 is 24.3 Å². The summed E-state index contributed by atoms with van der Waals surface area (Å²) in [6.45, 7) is 2.75. The summed E-state index contributed by atoms with van der Waals surface area (Å²) in [5.41, 5.74) is 6.29. The van der Waals surface area contributed by atoms with E-state index in [1.807, 2.05) is 31.3 Å². The average Bonchev–Trinajstić information content (AvgIpc) is 4.06.